The molecule has 0 spiro atoms. The largest absolute Gasteiger partial charge is 0.452 e. The van der Waals surface area contributed by atoms with E-state index in [1.54, 1.807) is 12.1 Å². The lowest BCUT2D eigenvalue weighted by molar-refractivity contribution is -0.126. The van der Waals surface area contributed by atoms with Crippen LogP contribution in [0.15, 0.2) is 48.5 Å². The van der Waals surface area contributed by atoms with Crippen LogP contribution in [0.1, 0.15) is 15.9 Å². The predicted molar refractivity (Wildman–Crippen MR) is 90.7 cm³/mol. The number of esters is 1. The summed E-state index contributed by atoms with van der Waals surface area (Å²) in [5.74, 6) is -2.26. The molecular weight excluding hydrogens is 343 g/mol. The molecule has 0 saturated carbocycles. The number of nitrogens with one attached hydrogen (secondary N) is 2. The topological polar surface area (TPSA) is 105 Å². The van der Waals surface area contributed by atoms with Gasteiger partial charge in [0.15, 0.2) is 6.61 Å². The second kappa shape index (κ2) is 9.28. The van der Waals surface area contributed by atoms with E-state index in [-0.39, 0.29) is 18.7 Å². The first kappa shape index (κ1) is 19.1. The quantitative estimate of drug-likeness (QED) is 0.644. The molecule has 26 heavy (non-hydrogen) atoms. The van der Waals surface area contributed by atoms with Crippen LogP contribution in [-0.2, 0) is 20.9 Å². The van der Waals surface area contributed by atoms with Crippen LogP contribution in [0.5, 0.6) is 0 Å². The van der Waals surface area contributed by atoms with E-state index >= 15 is 0 Å². The third-order valence-corrected chi connectivity index (χ3v) is 3.28. The molecule has 0 aliphatic heterocycles. The number of ether oxygens (including phenoxy) is 1. The second-order valence-corrected chi connectivity index (χ2v) is 5.26. The SMILES string of the molecule is O=C(COC(=O)c1ccc(CO)cc1)NCC(=O)Nc1ccc(F)cc1. The summed E-state index contributed by atoms with van der Waals surface area (Å²) in [6, 6.07) is 11.2. The maximum atomic E-state index is 12.8. The number of aliphatic hydroxyl groups excluding tert-OH is 1. The summed E-state index contributed by atoms with van der Waals surface area (Å²) in [6.45, 7) is -0.999. The summed E-state index contributed by atoms with van der Waals surface area (Å²) in [7, 11) is 0. The number of hydrogen-bond acceptors (Lipinski definition) is 5. The van der Waals surface area contributed by atoms with Gasteiger partial charge < -0.3 is 20.5 Å². The van der Waals surface area contributed by atoms with E-state index in [1.807, 2.05) is 0 Å². The molecular formula is C18H17FN2O5. The van der Waals surface area contributed by atoms with Crippen LogP contribution in [-0.4, -0.2) is 36.0 Å². The van der Waals surface area contributed by atoms with Gasteiger partial charge in [-0.2, -0.15) is 0 Å². The third kappa shape index (κ3) is 5.99. The Balaban J connectivity index is 1.71. The maximum Gasteiger partial charge on any atom is 0.338 e. The normalized spacial score (nSPS) is 10.1. The maximum absolute atomic E-state index is 12.8. The van der Waals surface area contributed by atoms with Crippen molar-refractivity contribution in [3.63, 3.8) is 0 Å². The second-order valence-electron chi connectivity index (χ2n) is 5.26. The molecule has 2 aromatic rings. The van der Waals surface area contributed by atoms with Crippen molar-refractivity contribution >= 4 is 23.5 Å². The van der Waals surface area contributed by atoms with Crippen LogP contribution < -0.4 is 10.6 Å². The Labute approximate surface area is 148 Å². The van der Waals surface area contributed by atoms with Crippen LogP contribution in [0, 0.1) is 5.82 Å². The Kier molecular flexibility index (Phi) is 6.81. The van der Waals surface area contributed by atoms with E-state index < -0.39 is 30.2 Å². The van der Waals surface area contributed by atoms with Crippen molar-refractivity contribution in [2.75, 3.05) is 18.5 Å². The molecule has 3 N–H and O–H groups in total. The number of rotatable bonds is 7. The lowest BCUT2D eigenvalue weighted by Crippen LogP contribution is -2.35. The van der Waals surface area contributed by atoms with Gasteiger partial charge in [-0.25, -0.2) is 9.18 Å². The fraction of sp³-hybridized carbons (Fsp3) is 0.167. The van der Waals surface area contributed by atoms with Gasteiger partial charge in [0, 0.05) is 5.69 Å². The molecule has 0 radical (unpaired) electrons. The van der Waals surface area contributed by atoms with E-state index in [2.05, 4.69) is 10.6 Å². The van der Waals surface area contributed by atoms with E-state index in [9.17, 15) is 18.8 Å². The highest BCUT2D eigenvalue weighted by Crippen LogP contribution is 2.08. The molecule has 136 valence electrons. The molecule has 2 amide bonds. The highest BCUT2D eigenvalue weighted by Gasteiger charge is 2.11. The molecule has 0 bridgehead atoms. The van der Waals surface area contributed by atoms with Gasteiger partial charge in [-0.3, -0.25) is 9.59 Å². The van der Waals surface area contributed by atoms with E-state index in [0.717, 1.165) is 0 Å². The smallest absolute Gasteiger partial charge is 0.338 e. The van der Waals surface area contributed by atoms with Crippen LogP contribution in [0.4, 0.5) is 10.1 Å². The lowest BCUT2D eigenvalue weighted by Gasteiger charge is -2.08. The van der Waals surface area contributed by atoms with Gasteiger partial charge in [-0.1, -0.05) is 12.1 Å². The molecule has 0 aromatic heterocycles. The Hall–Kier alpha value is -3.26. The first-order valence-electron chi connectivity index (χ1n) is 7.67. The molecule has 0 heterocycles. The van der Waals surface area contributed by atoms with Crippen molar-refractivity contribution < 1.29 is 28.6 Å². The van der Waals surface area contributed by atoms with E-state index in [1.165, 1.54) is 36.4 Å². The summed E-state index contributed by atoms with van der Waals surface area (Å²) in [5.41, 5.74) is 1.28. The molecule has 0 saturated heterocycles. The van der Waals surface area contributed by atoms with E-state index in [0.29, 0.717) is 11.3 Å². The van der Waals surface area contributed by atoms with Crippen molar-refractivity contribution in [1.82, 2.24) is 5.32 Å². The molecule has 2 aromatic carbocycles. The Morgan fingerprint density at radius 3 is 2.23 bits per heavy atom. The van der Waals surface area contributed by atoms with Gasteiger partial charge >= 0.3 is 5.97 Å². The van der Waals surface area contributed by atoms with Crippen LogP contribution in [0.3, 0.4) is 0 Å². The molecule has 2 rings (SSSR count). The minimum atomic E-state index is -0.694. The number of amides is 2. The standard InChI is InChI=1S/C18H17FN2O5/c19-14-5-7-15(8-6-14)21-16(23)9-20-17(24)11-26-18(25)13-3-1-12(10-22)2-4-13/h1-8,22H,9-11H2,(H,20,24)(H,21,23). The minimum absolute atomic E-state index is 0.141. The lowest BCUT2D eigenvalue weighted by atomic mass is 10.1. The van der Waals surface area contributed by atoms with Gasteiger partial charge in [-0.05, 0) is 42.0 Å². The number of carbonyl (C=O) groups is 3. The molecule has 0 fully saturated rings. The van der Waals surface area contributed by atoms with Crippen molar-refractivity contribution in [3.05, 3.63) is 65.5 Å². The van der Waals surface area contributed by atoms with Crippen molar-refractivity contribution in [1.29, 1.82) is 0 Å². The molecule has 0 aliphatic carbocycles. The van der Waals surface area contributed by atoms with Crippen LogP contribution in [0.25, 0.3) is 0 Å². The Morgan fingerprint density at radius 2 is 1.62 bits per heavy atom. The predicted octanol–water partition coefficient (Wildman–Crippen LogP) is 1.23. The van der Waals surface area contributed by atoms with Gasteiger partial charge in [0.05, 0.1) is 18.7 Å². The number of aliphatic hydroxyl groups is 1. The van der Waals surface area contributed by atoms with Gasteiger partial charge in [0.25, 0.3) is 5.91 Å². The molecule has 7 nitrogen and oxygen atoms in total. The Bertz CT molecular complexity index is 775. The van der Waals surface area contributed by atoms with Gasteiger partial charge in [0.1, 0.15) is 5.82 Å². The Morgan fingerprint density at radius 1 is 0.962 bits per heavy atom. The zero-order valence-electron chi connectivity index (χ0n) is 13.7. The molecule has 0 atom stereocenters. The first-order chi connectivity index (χ1) is 12.5. The molecule has 0 aliphatic rings. The van der Waals surface area contributed by atoms with Gasteiger partial charge in [0.2, 0.25) is 5.91 Å². The zero-order valence-corrected chi connectivity index (χ0v) is 13.7. The summed E-state index contributed by atoms with van der Waals surface area (Å²) < 4.78 is 17.6. The number of carbonyl (C=O) groups excluding carboxylic acids is 3. The molecule has 0 unspecified atom stereocenters. The first-order valence-corrected chi connectivity index (χ1v) is 7.67. The number of hydrogen-bond donors (Lipinski definition) is 3. The van der Waals surface area contributed by atoms with Crippen molar-refractivity contribution in [3.8, 4) is 0 Å². The van der Waals surface area contributed by atoms with Gasteiger partial charge in [-0.15, -0.1) is 0 Å². The zero-order chi connectivity index (χ0) is 18.9. The minimum Gasteiger partial charge on any atom is -0.452 e. The average molecular weight is 360 g/mol. The fourth-order valence-corrected chi connectivity index (χ4v) is 1.93. The highest BCUT2D eigenvalue weighted by atomic mass is 19.1. The summed E-state index contributed by atoms with van der Waals surface area (Å²) >= 11 is 0. The monoisotopic (exact) mass is 360 g/mol. The third-order valence-electron chi connectivity index (χ3n) is 3.28. The van der Waals surface area contributed by atoms with E-state index in [4.69, 9.17) is 9.84 Å². The van der Waals surface area contributed by atoms with Crippen LogP contribution >= 0.6 is 0 Å². The summed E-state index contributed by atoms with van der Waals surface area (Å²) in [6.07, 6.45) is 0. The highest BCUT2D eigenvalue weighted by molar-refractivity contribution is 5.95. The van der Waals surface area contributed by atoms with Crippen LogP contribution in [0.2, 0.25) is 0 Å². The number of halogens is 1. The van der Waals surface area contributed by atoms with Crippen molar-refractivity contribution in [2.24, 2.45) is 0 Å². The number of benzene rings is 2. The fourth-order valence-electron chi connectivity index (χ4n) is 1.93. The molecule has 8 heteroatoms. The van der Waals surface area contributed by atoms with Crippen molar-refractivity contribution in [2.45, 2.75) is 6.61 Å². The average Bonchev–Trinajstić information content (AvgIpc) is 2.66. The summed E-state index contributed by atoms with van der Waals surface area (Å²) in [4.78, 5) is 35.1. The summed E-state index contributed by atoms with van der Waals surface area (Å²) in [5, 5.41) is 13.7. The number of anilines is 1.